The summed E-state index contributed by atoms with van der Waals surface area (Å²) in [7, 11) is 0. The number of thioether (sulfide) groups is 1. The summed E-state index contributed by atoms with van der Waals surface area (Å²) in [6.45, 7) is -1.17. The maximum Gasteiger partial charge on any atom is 0.252 e. The first-order chi connectivity index (χ1) is 8.32. The Kier molecular flexibility index (Phi) is 6.35. The molecule has 1 aromatic carbocycles. The number of alkyl halides is 4. The van der Waals surface area contributed by atoms with Crippen molar-refractivity contribution in [2.24, 2.45) is 0 Å². The summed E-state index contributed by atoms with van der Waals surface area (Å²) in [4.78, 5) is 11.7. The van der Waals surface area contributed by atoms with Gasteiger partial charge in [0.2, 0.25) is 3.79 Å². The highest BCUT2D eigenvalue weighted by Crippen LogP contribution is 2.39. The van der Waals surface area contributed by atoms with Gasteiger partial charge in [0.05, 0.1) is 0 Å². The summed E-state index contributed by atoms with van der Waals surface area (Å²) in [6, 6.07) is 6.74. The van der Waals surface area contributed by atoms with Crippen molar-refractivity contribution in [2.75, 3.05) is 6.67 Å². The summed E-state index contributed by atoms with van der Waals surface area (Å²) in [5.41, 5.74) is 0. The molecule has 1 N–H and O–H groups in total. The second-order valence-electron chi connectivity index (χ2n) is 3.19. The van der Waals surface area contributed by atoms with Gasteiger partial charge in [0.15, 0.2) is 6.67 Å². The molecule has 8 heteroatoms. The van der Waals surface area contributed by atoms with Crippen LogP contribution in [-0.4, -0.2) is 21.7 Å². The minimum absolute atomic E-state index is 0.567. The monoisotopic (exact) mass is 349 g/mol. The van der Waals surface area contributed by atoms with Gasteiger partial charge in [0.1, 0.15) is 5.37 Å². The summed E-state index contributed by atoms with van der Waals surface area (Å²) < 4.78 is 10.4. The van der Waals surface area contributed by atoms with Crippen LogP contribution >= 0.6 is 58.2 Å². The molecule has 0 radical (unpaired) electrons. The van der Waals surface area contributed by atoms with Crippen molar-refractivity contribution in [1.29, 1.82) is 0 Å². The van der Waals surface area contributed by atoms with E-state index in [1.807, 2.05) is 0 Å². The van der Waals surface area contributed by atoms with Crippen LogP contribution in [0, 0.1) is 0 Å². The van der Waals surface area contributed by atoms with Gasteiger partial charge in [0, 0.05) is 9.92 Å². The average molecular weight is 351 g/mol. The van der Waals surface area contributed by atoms with Gasteiger partial charge in [-0.3, -0.25) is 4.79 Å². The first-order valence-corrected chi connectivity index (χ1v) is 7.06. The molecule has 0 spiro atoms. The molecule has 18 heavy (non-hydrogen) atoms. The topological polar surface area (TPSA) is 29.1 Å². The van der Waals surface area contributed by atoms with Gasteiger partial charge in [-0.05, 0) is 24.3 Å². The van der Waals surface area contributed by atoms with E-state index in [4.69, 9.17) is 46.4 Å². The average Bonchev–Trinajstić information content (AvgIpc) is 2.29. The van der Waals surface area contributed by atoms with E-state index in [-0.39, 0.29) is 0 Å². The Bertz CT molecular complexity index is 409. The van der Waals surface area contributed by atoms with Crippen molar-refractivity contribution in [3.63, 3.8) is 0 Å². The lowest BCUT2D eigenvalue weighted by atomic mass is 10.4. The molecule has 1 atom stereocenters. The summed E-state index contributed by atoms with van der Waals surface area (Å²) in [5, 5.41) is 1.96. The van der Waals surface area contributed by atoms with Crippen LogP contribution in [0.2, 0.25) is 5.02 Å². The lowest BCUT2D eigenvalue weighted by Gasteiger charge is -2.24. The zero-order valence-corrected chi connectivity index (χ0v) is 12.6. The number of nitrogens with one attached hydrogen (secondary N) is 1. The van der Waals surface area contributed by atoms with Gasteiger partial charge in [-0.25, -0.2) is 4.39 Å². The van der Waals surface area contributed by atoms with Gasteiger partial charge >= 0.3 is 0 Å². The van der Waals surface area contributed by atoms with Gasteiger partial charge in [0.25, 0.3) is 5.91 Å². The molecule has 0 saturated carbocycles. The first kappa shape index (κ1) is 16.2. The number of rotatable bonds is 4. The zero-order chi connectivity index (χ0) is 13.8. The summed E-state index contributed by atoms with van der Waals surface area (Å²) >= 11 is 24.0. The van der Waals surface area contributed by atoms with E-state index in [1.54, 1.807) is 24.3 Å². The molecule has 0 heterocycles. The molecule has 1 amide bonds. The van der Waals surface area contributed by atoms with Crippen LogP contribution in [0.5, 0.6) is 0 Å². The molecule has 2 nitrogen and oxygen atoms in total. The van der Waals surface area contributed by atoms with E-state index >= 15 is 0 Å². The van der Waals surface area contributed by atoms with E-state index in [2.05, 4.69) is 5.32 Å². The number of benzene rings is 1. The van der Waals surface area contributed by atoms with Crippen molar-refractivity contribution < 1.29 is 9.18 Å². The number of hydrogen-bond acceptors (Lipinski definition) is 2. The fraction of sp³-hybridized carbons (Fsp3) is 0.300. The molecule has 0 saturated heterocycles. The van der Waals surface area contributed by atoms with Crippen molar-refractivity contribution in [3.05, 3.63) is 29.3 Å². The fourth-order valence-electron chi connectivity index (χ4n) is 1.01. The maximum atomic E-state index is 12.2. The predicted octanol–water partition coefficient (Wildman–Crippen LogP) is 4.21. The van der Waals surface area contributed by atoms with Crippen LogP contribution < -0.4 is 5.32 Å². The van der Waals surface area contributed by atoms with Crippen LogP contribution in [0.15, 0.2) is 29.2 Å². The standard InChI is InChI=1S/C10H8Cl4FNOS/c11-6-1-3-7(4-2-6)18-9(10(12,13)14)16-8(17)5-15/h1-4,9H,5H2,(H,16,17)/t9-/m1/s1. The molecule has 0 aromatic heterocycles. The van der Waals surface area contributed by atoms with Crippen LogP contribution in [0.3, 0.4) is 0 Å². The third-order valence-electron chi connectivity index (χ3n) is 1.78. The number of halogens is 5. The van der Waals surface area contributed by atoms with Crippen molar-refractivity contribution >= 4 is 64.1 Å². The molecular weight excluding hydrogens is 343 g/mol. The Morgan fingerprint density at radius 3 is 2.33 bits per heavy atom. The van der Waals surface area contributed by atoms with E-state index in [0.717, 1.165) is 16.7 Å². The lowest BCUT2D eigenvalue weighted by Crippen LogP contribution is -2.42. The molecular formula is C10H8Cl4FNOS. The quantitative estimate of drug-likeness (QED) is 0.500. The first-order valence-electron chi connectivity index (χ1n) is 4.67. The maximum absolute atomic E-state index is 12.2. The molecule has 1 rings (SSSR count). The number of carbonyl (C=O) groups excluding carboxylic acids is 1. The minimum atomic E-state index is -1.75. The van der Waals surface area contributed by atoms with Crippen LogP contribution in [-0.2, 0) is 4.79 Å². The SMILES string of the molecule is O=C(CF)N[C@H](Sc1ccc(Cl)cc1)C(Cl)(Cl)Cl. The highest BCUT2D eigenvalue weighted by atomic mass is 35.6. The van der Waals surface area contributed by atoms with Crippen LogP contribution in [0.1, 0.15) is 0 Å². The van der Waals surface area contributed by atoms with Gasteiger partial charge in [-0.2, -0.15) is 0 Å². The highest BCUT2D eigenvalue weighted by molar-refractivity contribution is 8.00. The van der Waals surface area contributed by atoms with Crippen LogP contribution in [0.4, 0.5) is 4.39 Å². The number of amides is 1. The summed E-state index contributed by atoms with van der Waals surface area (Å²) in [6.07, 6.45) is 0. The van der Waals surface area contributed by atoms with Gasteiger partial charge < -0.3 is 5.32 Å². The number of hydrogen-bond donors (Lipinski definition) is 1. The smallest absolute Gasteiger partial charge is 0.252 e. The van der Waals surface area contributed by atoms with Gasteiger partial charge in [-0.1, -0.05) is 58.2 Å². The minimum Gasteiger partial charge on any atom is -0.338 e. The second kappa shape index (κ2) is 7.06. The van der Waals surface area contributed by atoms with Crippen LogP contribution in [0.25, 0.3) is 0 Å². The van der Waals surface area contributed by atoms with Crippen molar-refractivity contribution in [3.8, 4) is 0 Å². The lowest BCUT2D eigenvalue weighted by molar-refractivity contribution is -0.122. The Balaban J connectivity index is 2.78. The number of carbonyl (C=O) groups is 1. The fourth-order valence-corrected chi connectivity index (χ4v) is 2.59. The third kappa shape index (κ3) is 5.41. The zero-order valence-electron chi connectivity index (χ0n) is 8.80. The predicted molar refractivity (Wildman–Crippen MR) is 75.5 cm³/mol. The van der Waals surface area contributed by atoms with E-state index in [9.17, 15) is 9.18 Å². The molecule has 1 aromatic rings. The molecule has 0 aliphatic carbocycles. The molecule has 0 unspecified atom stereocenters. The molecule has 100 valence electrons. The molecule has 0 aliphatic heterocycles. The molecule has 0 bridgehead atoms. The Morgan fingerprint density at radius 2 is 1.89 bits per heavy atom. The van der Waals surface area contributed by atoms with Gasteiger partial charge in [-0.15, -0.1) is 0 Å². The summed E-state index contributed by atoms with van der Waals surface area (Å²) in [5.74, 6) is -0.840. The second-order valence-corrected chi connectivity index (χ2v) is 7.18. The van der Waals surface area contributed by atoms with E-state index in [1.165, 1.54) is 0 Å². The van der Waals surface area contributed by atoms with E-state index in [0.29, 0.717) is 5.02 Å². The Labute approximate surface area is 128 Å². The Hall–Kier alpha value is 0.130. The normalized spacial score (nSPS) is 13.2. The van der Waals surface area contributed by atoms with Crippen molar-refractivity contribution in [2.45, 2.75) is 14.1 Å². The van der Waals surface area contributed by atoms with Crippen molar-refractivity contribution in [1.82, 2.24) is 5.32 Å². The largest absolute Gasteiger partial charge is 0.338 e. The Morgan fingerprint density at radius 1 is 1.33 bits per heavy atom. The van der Waals surface area contributed by atoms with E-state index < -0.39 is 21.7 Å². The molecule has 0 fully saturated rings. The third-order valence-corrected chi connectivity index (χ3v) is 4.32. The highest BCUT2D eigenvalue weighted by Gasteiger charge is 2.34. The molecule has 0 aliphatic rings.